The van der Waals surface area contributed by atoms with Crippen molar-refractivity contribution >= 4 is 5.91 Å². The van der Waals surface area contributed by atoms with Gasteiger partial charge in [-0.2, -0.15) is 0 Å². The molecule has 2 rings (SSSR count). The van der Waals surface area contributed by atoms with Crippen LogP contribution in [-0.4, -0.2) is 11.9 Å². The van der Waals surface area contributed by atoms with E-state index in [0.29, 0.717) is 6.54 Å². The summed E-state index contributed by atoms with van der Waals surface area (Å²) >= 11 is 0. The van der Waals surface area contributed by atoms with Gasteiger partial charge < -0.3 is 11.1 Å². The number of benzene rings is 2. The molecular formula is C18H22N2O. The Morgan fingerprint density at radius 2 is 1.57 bits per heavy atom. The zero-order valence-electron chi connectivity index (χ0n) is 12.5. The number of carbonyl (C=O) groups is 1. The Morgan fingerprint density at radius 3 is 2.14 bits per heavy atom. The number of nitrogens with one attached hydrogen (secondary N) is 1. The molecule has 0 unspecified atom stereocenters. The van der Waals surface area contributed by atoms with Crippen molar-refractivity contribution in [2.75, 3.05) is 0 Å². The van der Waals surface area contributed by atoms with Crippen molar-refractivity contribution in [2.45, 2.75) is 26.4 Å². The minimum atomic E-state index is -0.450. The van der Waals surface area contributed by atoms with Crippen LogP contribution in [0.1, 0.15) is 19.4 Å². The van der Waals surface area contributed by atoms with Crippen LogP contribution in [0.25, 0.3) is 11.1 Å². The van der Waals surface area contributed by atoms with E-state index in [0.717, 1.165) is 5.56 Å². The van der Waals surface area contributed by atoms with Crippen LogP contribution in [0.2, 0.25) is 0 Å². The molecule has 3 heteroatoms. The first-order valence-corrected chi connectivity index (χ1v) is 7.25. The Kier molecular flexibility index (Phi) is 5.12. The molecule has 0 heterocycles. The van der Waals surface area contributed by atoms with E-state index in [1.165, 1.54) is 11.1 Å². The first-order valence-electron chi connectivity index (χ1n) is 7.25. The molecule has 3 nitrogen and oxygen atoms in total. The fourth-order valence-electron chi connectivity index (χ4n) is 2.06. The quantitative estimate of drug-likeness (QED) is 0.886. The van der Waals surface area contributed by atoms with Crippen molar-refractivity contribution in [3.8, 4) is 11.1 Å². The average molecular weight is 282 g/mol. The monoisotopic (exact) mass is 282 g/mol. The van der Waals surface area contributed by atoms with Crippen LogP contribution < -0.4 is 11.1 Å². The predicted octanol–water partition coefficient (Wildman–Crippen LogP) is 2.95. The summed E-state index contributed by atoms with van der Waals surface area (Å²) in [5, 5.41) is 2.88. The molecule has 110 valence electrons. The zero-order chi connectivity index (χ0) is 15.2. The minimum absolute atomic E-state index is 0.0999. The first-order chi connectivity index (χ1) is 10.1. The van der Waals surface area contributed by atoms with Gasteiger partial charge in [0.15, 0.2) is 0 Å². The van der Waals surface area contributed by atoms with E-state index in [9.17, 15) is 4.79 Å². The van der Waals surface area contributed by atoms with Gasteiger partial charge in [0.1, 0.15) is 0 Å². The number of nitrogens with two attached hydrogens (primary N) is 1. The van der Waals surface area contributed by atoms with Crippen molar-refractivity contribution in [3.05, 3.63) is 60.2 Å². The number of amides is 1. The van der Waals surface area contributed by atoms with E-state index >= 15 is 0 Å². The lowest BCUT2D eigenvalue weighted by molar-refractivity contribution is -0.123. The molecule has 2 aromatic rings. The lowest BCUT2D eigenvalue weighted by Gasteiger charge is -2.15. The molecular weight excluding hydrogens is 260 g/mol. The van der Waals surface area contributed by atoms with Gasteiger partial charge in [-0.15, -0.1) is 0 Å². The average Bonchev–Trinajstić information content (AvgIpc) is 2.53. The highest BCUT2D eigenvalue weighted by Gasteiger charge is 2.16. The van der Waals surface area contributed by atoms with Gasteiger partial charge in [0.2, 0.25) is 5.91 Å². The molecule has 0 bridgehead atoms. The largest absolute Gasteiger partial charge is 0.351 e. The molecule has 0 aliphatic rings. The molecule has 0 aliphatic carbocycles. The van der Waals surface area contributed by atoms with Gasteiger partial charge in [0.25, 0.3) is 0 Å². The van der Waals surface area contributed by atoms with Crippen LogP contribution in [0.3, 0.4) is 0 Å². The highest BCUT2D eigenvalue weighted by molar-refractivity contribution is 5.81. The van der Waals surface area contributed by atoms with E-state index in [-0.39, 0.29) is 11.8 Å². The van der Waals surface area contributed by atoms with Crippen LogP contribution in [0.5, 0.6) is 0 Å². The highest BCUT2D eigenvalue weighted by atomic mass is 16.2. The molecule has 0 radical (unpaired) electrons. The van der Waals surface area contributed by atoms with Gasteiger partial charge in [-0.1, -0.05) is 68.4 Å². The Hall–Kier alpha value is -2.13. The lowest BCUT2D eigenvalue weighted by Crippen LogP contribution is -2.43. The van der Waals surface area contributed by atoms with Gasteiger partial charge >= 0.3 is 0 Å². The molecule has 1 atom stereocenters. The maximum Gasteiger partial charge on any atom is 0.237 e. The Morgan fingerprint density at radius 1 is 1.00 bits per heavy atom. The topological polar surface area (TPSA) is 55.1 Å². The Balaban J connectivity index is 1.96. The SMILES string of the molecule is CC(C)[C@@H](N)C(=O)NCc1ccc(-c2ccccc2)cc1. The van der Waals surface area contributed by atoms with Crippen LogP contribution in [0, 0.1) is 5.92 Å². The van der Waals surface area contributed by atoms with Gasteiger partial charge in [-0.05, 0) is 22.6 Å². The molecule has 0 aromatic heterocycles. The second-order valence-electron chi connectivity index (χ2n) is 5.55. The summed E-state index contributed by atoms with van der Waals surface area (Å²) in [7, 11) is 0. The van der Waals surface area contributed by atoms with Crippen LogP contribution in [0.4, 0.5) is 0 Å². The standard InChI is InChI=1S/C18H22N2O/c1-13(2)17(19)18(21)20-12-14-8-10-16(11-9-14)15-6-4-3-5-7-15/h3-11,13,17H,12,19H2,1-2H3,(H,20,21)/t17-/m1/s1. The maximum atomic E-state index is 11.8. The summed E-state index contributed by atoms with van der Waals surface area (Å²) in [4.78, 5) is 11.8. The number of carbonyl (C=O) groups excluding carboxylic acids is 1. The second-order valence-corrected chi connectivity index (χ2v) is 5.55. The minimum Gasteiger partial charge on any atom is -0.351 e. The Bertz CT molecular complexity index is 576. The summed E-state index contributed by atoms with van der Waals surface area (Å²) < 4.78 is 0. The van der Waals surface area contributed by atoms with E-state index in [1.54, 1.807) is 0 Å². The zero-order valence-corrected chi connectivity index (χ0v) is 12.5. The fourth-order valence-corrected chi connectivity index (χ4v) is 2.06. The smallest absolute Gasteiger partial charge is 0.237 e. The molecule has 0 saturated carbocycles. The Labute approximate surface area is 126 Å². The van der Waals surface area contributed by atoms with E-state index < -0.39 is 6.04 Å². The molecule has 0 spiro atoms. The normalized spacial score (nSPS) is 12.2. The number of hydrogen-bond acceptors (Lipinski definition) is 2. The van der Waals surface area contributed by atoms with E-state index in [4.69, 9.17) is 5.73 Å². The third-order valence-corrected chi connectivity index (χ3v) is 3.55. The molecule has 0 fully saturated rings. The molecule has 0 aliphatic heterocycles. The van der Waals surface area contributed by atoms with Crippen LogP contribution in [-0.2, 0) is 11.3 Å². The maximum absolute atomic E-state index is 11.8. The third-order valence-electron chi connectivity index (χ3n) is 3.55. The van der Waals surface area contributed by atoms with Crippen molar-refractivity contribution < 1.29 is 4.79 Å². The number of rotatable bonds is 5. The molecule has 2 aromatic carbocycles. The lowest BCUT2D eigenvalue weighted by atomic mass is 10.0. The summed E-state index contributed by atoms with van der Waals surface area (Å²) in [5.41, 5.74) is 9.24. The van der Waals surface area contributed by atoms with Gasteiger partial charge in [0, 0.05) is 6.54 Å². The van der Waals surface area contributed by atoms with Crippen molar-refractivity contribution in [2.24, 2.45) is 11.7 Å². The summed E-state index contributed by atoms with van der Waals surface area (Å²) in [6.45, 7) is 4.39. The van der Waals surface area contributed by atoms with E-state index in [2.05, 4.69) is 29.6 Å². The number of hydrogen-bond donors (Lipinski definition) is 2. The van der Waals surface area contributed by atoms with Crippen LogP contribution >= 0.6 is 0 Å². The van der Waals surface area contributed by atoms with Gasteiger partial charge in [0.05, 0.1) is 6.04 Å². The van der Waals surface area contributed by atoms with Gasteiger partial charge in [-0.3, -0.25) is 4.79 Å². The van der Waals surface area contributed by atoms with E-state index in [1.807, 2.05) is 44.2 Å². The van der Waals surface area contributed by atoms with Crippen LogP contribution in [0.15, 0.2) is 54.6 Å². The van der Waals surface area contributed by atoms with Crippen molar-refractivity contribution in [1.29, 1.82) is 0 Å². The molecule has 1 amide bonds. The third kappa shape index (κ3) is 4.17. The summed E-state index contributed by atoms with van der Waals surface area (Å²) in [5.74, 6) is 0.0441. The second kappa shape index (κ2) is 7.04. The summed E-state index contributed by atoms with van der Waals surface area (Å²) in [6, 6.07) is 18.0. The van der Waals surface area contributed by atoms with Gasteiger partial charge in [-0.25, -0.2) is 0 Å². The molecule has 3 N–H and O–H groups in total. The van der Waals surface area contributed by atoms with Crippen molar-refractivity contribution in [3.63, 3.8) is 0 Å². The predicted molar refractivity (Wildman–Crippen MR) is 86.5 cm³/mol. The molecule has 21 heavy (non-hydrogen) atoms. The summed E-state index contributed by atoms with van der Waals surface area (Å²) in [6.07, 6.45) is 0. The van der Waals surface area contributed by atoms with Crippen molar-refractivity contribution in [1.82, 2.24) is 5.32 Å². The highest BCUT2D eigenvalue weighted by Crippen LogP contribution is 2.19. The first kappa shape index (κ1) is 15.3. The molecule has 0 saturated heterocycles. The fraction of sp³-hybridized carbons (Fsp3) is 0.278.